The number of aliphatic imine (C=N–C) groups is 1. The molecule has 2 atom stereocenters. The Balaban J connectivity index is 2.21. The third kappa shape index (κ3) is 1.50. The van der Waals surface area contributed by atoms with Gasteiger partial charge in [-0.15, -0.1) is 6.58 Å². The van der Waals surface area contributed by atoms with Crippen LogP contribution in [0.5, 0.6) is 0 Å². The van der Waals surface area contributed by atoms with E-state index < -0.39 is 0 Å². The number of halogens is 1. The van der Waals surface area contributed by atoms with Crippen LogP contribution in [0.4, 0.5) is 4.39 Å². The van der Waals surface area contributed by atoms with Gasteiger partial charge in [0.15, 0.2) is 5.97 Å². The number of aliphatic hydroxyl groups excluding tert-OH is 1. The Bertz CT molecular complexity index is 306. The zero-order valence-electron chi connectivity index (χ0n) is 7.33. The van der Waals surface area contributed by atoms with Crippen molar-refractivity contribution in [2.45, 2.75) is 19.3 Å². The van der Waals surface area contributed by atoms with E-state index in [1.54, 1.807) is 6.08 Å². The van der Waals surface area contributed by atoms with Crippen molar-refractivity contribution in [3.05, 3.63) is 24.1 Å². The summed E-state index contributed by atoms with van der Waals surface area (Å²) in [5.74, 6) is 0.303. The highest BCUT2D eigenvalue weighted by Crippen LogP contribution is 2.48. The largest absolute Gasteiger partial charge is 0.510 e. The molecule has 1 aliphatic carbocycles. The van der Waals surface area contributed by atoms with Crippen LogP contribution in [0.15, 0.2) is 29.1 Å². The average molecular weight is 181 g/mol. The van der Waals surface area contributed by atoms with Crippen molar-refractivity contribution in [1.29, 1.82) is 0 Å². The topological polar surface area (TPSA) is 32.6 Å². The summed E-state index contributed by atoms with van der Waals surface area (Å²) >= 11 is 0. The lowest BCUT2D eigenvalue weighted by Crippen LogP contribution is -2.05. The number of nitrogens with zero attached hydrogens (tertiary/aromatic N) is 1. The molecule has 0 aromatic rings. The van der Waals surface area contributed by atoms with Gasteiger partial charge in [0.2, 0.25) is 0 Å². The van der Waals surface area contributed by atoms with Crippen molar-refractivity contribution in [2.24, 2.45) is 16.8 Å². The molecule has 0 saturated heterocycles. The summed E-state index contributed by atoms with van der Waals surface area (Å²) in [6.07, 6.45) is 3.58. The second kappa shape index (κ2) is 2.98. The lowest BCUT2D eigenvalue weighted by atomic mass is 10.1. The maximum absolute atomic E-state index is 13.0. The first-order valence-corrected chi connectivity index (χ1v) is 4.48. The summed E-state index contributed by atoms with van der Waals surface area (Å²) < 4.78 is 13.0. The zero-order valence-corrected chi connectivity index (χ0v) is 7.33. The van der Waals surface area contributed by atoms with Crippen molar-refractivity contribution in [3.63, 3.8) is 0 Å². The minimum Gasteiger partial charge on any atom is -0.510 e. The summed E-state index contributed by atoms with van der Waals surface area (Å²) in [4.78, 5) is 3.76. The van der Waals surface area contributed by atoms with E-state index in [0.717, 1.165) is 12.8 Å². The fourth-order valence-corrected chi connectivity index (χ4v) is 1.71. The molecule has 1 N–H and O–H groups in total. The first kappa shape index (κ1) is 8.48. The molecule has 1 heterocycles. The Labute approximate surface area is 76.5 Å². The number of hydrogen-bond acceptors (Lipinski definition) is 2. The summed E-state index contributed by atoms with van der Waals surface area (Å²) in [6.45, 7) is 3.51. The van der Waals surface area contributed by atoms with Crippen LogP contribution in [0.25, 0.3) is 0 Å². The second-order valence-electron chi connectivity index (χ2n) is 3.63. The molecule has 3 heteroatoms. The molecule has 0 spiro atoms. The highest BCUT2D eigenvalue weighted by molar-refractivity contribution is 5.82. The highest BCUT2D eigenvalue weighted by Gasteiger charge is 2.45. The van der Waals surface area contributed by atoms with E-state index in [9.17, 15) is 9.50 Å². The van der Waals surface area contributed by atoms with Gasteiger partial charge in [-0.1, -0.05) is 6.08 Å². The summed E-state index contributed by atoms with van der Waals surface area (Å²) in [5, 5.41) is 9.46. The first-order chi connectivity index (χ1) is 6.22. The normalized spacial score (nSPS) is 34.7. The number of allylic oxidation sites excluding steroid dienone is 2. The van der Waals surface area contributed by atoms with E-state index in [4.69, 9.17) is 0 Å². The van der Waals surface area contributed by atoms with Gasteiger partial charge in [0, 0.05) is 12.3 Å². The predicted molar refractivity (Wildman–Crippen MR) is 49.2 cm³/mol. The molecular formula is C10H12FNO. The van der Waals surface area contributed by atoms with Gasteiger partial charge in [0.05, 0.1) is 5.70 Å². The van der Waals surface area contributed by atoms with Gasteiger partial charge < -0.3 is 5.11 Å². The minimum absolute atomic E-state index is 0.0558. The van der Waals surface area contributed by atoms with Gasteiger partial charge in [0.25, 0.3) is 0 Å². The lowest BCUT2D eigenvalue weighted by Gasteiger charge is -2.09. The zero-order chi connectivity index (χ0) is 9.42. The number of hydrogen-bond donors (Lipinski definition) is 1. The minimum atomic E-state index is -0.304. The van der Waals surface area contributed by atoms with Crippen molar-refractivity contribution >= 4 is 5.97 Å². The highest BCUT2D eigenvalue weighted by atomic mass is 19.1. The van der Waals surface area contributed by atoms with Crippen LogP contribution in [-0.2, 0) is 0 Å². The van der Waals surface area contributed by atoms with Crippen LogP contribution in [0.1, 0.15) is 19.3 Å². The van der Waals surface area contributed by atoms with Gasteiger partial charge >= 0.3 is 0 Å². The summed E-state index contributed by atoms with van der Waals surface area (Å²) in [5.41, 5.74) is 0.510. The second-order valence-corrected chi connectivity index (χ2v) is 3.63. The molecule has 0 amide bonds. The van der Waals surface area contributed by atoms with E-state index in [1.165, 1.54) is 0 Å². The van der Waals surface area contributed by atoms with Crippen molar-refractivity contribution in [1.82, 2.24) is 0 Å². The molecule has 13 heavy (non-hydrogen) atoms. The third-order valence-corrected chi connectivity index (χ3v) is 2.60. The molecule has 2 rings (SSSR count). The lowest BCUT2D eigenvalue weighted by molar-refractivity contribution is 0.387. The van der Waals surface area contributed by atoms with Crippen molar-refractivity contribution in [2.75, 3.05) is 0 Å². The summed E-state index contributed by atoms with van der Waals surface area (Å²) in [7, 11) is 0. The van der Waals surface area contributed by atoms with E-state index >= 15 is 0 Å². The fourth-order valence-electron chi connectivity index (χ4n) is 1.71. The van der Waals surface area contributed by atoms with Crippen LogP contribution >= 0.6 is 0 Å². The van der Waals surface area contributed by atoms with E-state index in [-0.39, 0.29) is 17.6 Å². The Morgan fingerprint density at radius 1 is 1.77 bits per heavy atom. The molecule has 0 radical (unpaired) electrons. The SMILES string of the molecule is C=CCC(O)=C1CC2CC2C(F)=N1. The van der Waals surface area contributed by atoms with Crippen LogP contribution in [0, 0.1) is 11.8 Å². The van der Waals surface area contributed by atoms with Gasteiger partial charge in [-0.2, -0.15) is 4.39 Å². The van der Waals surface area contributed by atoms with Crippen LogP contribution in [-0.4, -0.2) is 11.1 Å². The molecule has 0 aromatic heterocycles. The summed E-state index contributed by atoms with van der Waals surface area (Å²) in [6, 6.07) is 0. The number of fused-ring (bicyclic) bond motifs is 1. The molecule has 2 nitrogen and oxygen atoms in total. The molecule has 1 saturated carbocycles. The van der Waals surface area contributed by atoms with E-state index in [1.807, 2.05) is 0 Å². The molecule has 1 fully saturated rings. The quantitative estimate of drug-likeness (QED) is 0.515. The monoisotopic (exact) mass is 181 g/mol. The Hall–Kier alpha value is -1.12. The van der Waals surface area contributed by atoms with Gasteiger partial charge in [0.1, 0.15) is 5.76 Å². The number of rotatable bonds is 2. The Morgan fingerprint density at radius 3 is 3.15 bits per heavy atom. The van der Waals surface area contributed by atoms with E-state index in [2.05, 4.69) is 11.6 Å². The molecule has 0 bridgehead atoms. The van der Waals surface area contributed by atoms with E-state index in [0.29, 0.717) is 18.0 Å². The van der Waals surface area contributed by atoms with Crippen molar-refractivity contribution in [3.8, 4) is 0 Å². The molecule has 1 aliphatic heterocycles. The van der Waals surface area contributed by atoms with Crippen LogP contribution in [0.3, 0.4) is 0 Å². The Kier molecular flexibility index (Phi) is 1.94. The molecule has 2 unspecified atom stereocenters. The fraction of sp³-hybridized carbons (Fsp3) is 0.500. The molecule has 0 aromatic carbocycles. The smallest absolute Gasteiger partial charge is 0.192 e. The number of aliphatic hydroxyl groups is 1. The maximum Gasteiger partial charge on any atom is 0.192 e. The van der Waals surface area contributed by atoms with Crippen molar-refractivity contribution < 1.29 is 9.50 Å². The third-order valence-electron chi connectivity index (χ3n) is 2.60. The van der Waals surface area contributed by atoms with Gasteiger partial charge in [-0.05, 0) is 18.8 Å². The predicted octanol–water partition coefficient (Wildman–Crippen LogP) is 2.74. The molecule has 2 aliphatic rings. The van der Waals surface area contributed by atoms with Crippen LogP contribution < -0.4 is 0 Å². The standard InChI is InChI=1S/C10H12FNO/c1-2-3-9(13)8-5-6-4-7(6)10(11)12-8/h2,6-7,13H,1,3-5H2. The maximum atomic E-state index is 13.0. The first-order valence-electron chi connectivity index (χ1n) is 4.48. The average Bonchev–Trinajstić information content (AvgIpc) is 2.84. The molecule has 70 valence electrons. The van der Waals surface area contributed by atoms with Gasteiger partial charge in [-0.3, -0.25) is 0 Å². The molecular weight excluding hydrogens is 169 g/mol. The Morgan fingerprint density at radius 2 is 2.54 bits per heavy atom. The van der Waals surface area contributed by atoms with Gasteiger partial charge in [-0.25, -0.2) is 4.99 Å². The van der Waals surface area contributed by atoms with Crippen LogP contribution in [0.2, 0.25) is 0 Å².